The Morgan fingerprint density at radius 3 is 2.33 bits per heavy atom. The summed E-state index contributed by atoms with van der Waals surface area (Å²) in [5.41, 5.74) is 0.172. The minimum atomic E-state index is -4.51. The lowest BCUT2D eigenvalue weighted by Crippen LogP contribution is -2.51. The molecule has 2 atom stereocenters. The number of benzene rings is 2. The van der Waals surface area contributed by atoms with E-state index < -0.39 is 41.3 Å². The first-order chi connectivity index (χ1) is 18.6. The van der Waals surface area contributed by atoms with Crippen LogP contribution < -0.4 is 5.32 Å². The molecule has 3 aliphatic carbocycles. The van der Waals surface area contributed by atoms with Crippen LogP contribution in [0.25, 0.3) is 33.5 Å². The van der Waals surface area contributed by atoms with Gasteiger partial charge in [0.1, 0.15) is 17.5 Å². The zero-order valence-electron chi connectivity index (χ0n) is 20.4. The summed E-state index contributed by atoms with van der Waals surface area (Å²) in [5.74, 6) is -2.55. The highest BCUT2D eigenvalue weighted by Crippen LogP contribution is 2.46. The Morgan fingerprint density at radius 1 is 0.974 bits per heavy atom. The predicted octanol–water partition coefficient (Wildman–Crippen LogP) is 6.89. The number of hydrogen-bond acceptors (Lipinski definition) is 4. The topological polar surface area (TPSA) is 90.9 Å². The van der Waals surface area contributed by atoms with Gasteiger partial charge in [0.15, 0.2) is 5.82 Å². The molecule has 202 valence electrons. The first-order valence-electron chi connectivity index (χ1n) is 12.6. The molecule has 3 saturated carbocycles. The molecule has 39 heavy (non-hydrogen) atoms. The van der Waals surface area contributed by atoms with Crippen LogP contribution in [0.2, 0.25) is 0 Å². The Bertz CT molecular complexity index is 1560. The molecule has 3 N–H and O–H groups in total. The number of aromatic nitrogens is 3. The summed E-state index contributed by atoms with van der Waals surface area (Å²) in [7, 11) is 0. The van der Waals surface area contributed by atoms with E-state index in [0.29, 0.717) is 11.1 Å². The first-order valence-corrected chi connectivity index (χ1v) is 12.6. The summed E-state index contributed by atoms with van der Waals surface area (Å²) < 4.78 is 67.9. The van der Waals surface area contributed by atoms with E-state index in [2.05, 4.69) is 20.3 Å². The maximum Gasteiger partial charge on any atom is 0.416 e. The van der Waals surface area contributed by atoms with E-state index in [9.17, 15) is 31.9 Å². The van der Waals surface area contributed by atoms with Gasteiger partial charge in [0, 0.05) is 40.9 Å². The lowest BCUT2D eigenvalue weighted by atomic mass is 9.61. The maximum absolute atomic E-state index is 14.4. The van der Waals surface area contributed by atoms with Crippen molar-refractivity contribution in [2.75, 3.05) is 5.32 Å². The number of carboxylic acid groups (broad SMARTS) is 1. The van der Waals surface area contributed by atoms with Gasteiger partial charge < -0.3 is 15.4 Å². The monoisotopic (exact) mass is 542 g/mol. The molecule has 0 spiro atoms. The van der Waals surface area contributed by atoms with Crippen LogP contribution >= 0.6 is 0 Å². The quantitative estimate of drug-likeness (QED) is 0.239. The van der Waals surface area contributed by atoms with Gasteiger partial charge in [-0.2, -0.15) is 13.2 Å². The number of carbonyl (C=O) groups is 1. The second kappa shape index (κ2) is 9.32. The average Bonchev–Trinajstić information content (AvgIpc) is 3.33. The van der Waals surface area contributed by atoms with Gasteiger partial charge in [-0.25, -0.2) is 18.7 Å². The average molecular weight is 543 g/mol. The maximum atomic E-state index is 14.4. The van der Waals surface area contributed by atoms with Gasteiger partial charge in [0.05, 0.1) is 22.7 Å². The highest BCUT2D eigenvalue weighted by Gasteiger charge is 2.47. The lowest BCUT2D eigenvalue weighted by molar-refractivity contribution is -0.148. The van der Waals surface area contributed by atoms with E-state index in [1.165, 1.54) is 18.3 Å². The molecule has 0 saturated heterocycles. The third kappa shape index (κ3) is 4.59. The van der Waals surface area contributed by atoms with E-state index in [1.54, 1.807) is 6.07 Å². The summed E-state index contributed by atoms with van der Waals surface area (Å²) in [6, 6.07) is 7.53. The van der Waals surface area contributed by atoms with Crippen molar-refractivity contribution in [3.05, 3.63) is 65.9 Å². The van der Waals surface area contributed by atoms with Gasteiger partial charge >= 0.3 is 12.1 Å². The van der Waals surface area contributed by atoms with Gasteiger partial charge in [0.25, 0.3) is 0 Å². The van der Waals surface area contributed by atoms with Crippen molar-refractivity contribution in [2.45, 2.75) is 37.9 Å². The Labute approximate surface area is 219 Å². The van der Waals surface area contributed by atoms with Crippen LogP contribution in [0.1, 0.15) is 31.2 Å². The van der Waals surface area contributed by atoms with E-state index in [0.717, 1.165) is 49.9 Å². The van der Waals surface area contributed by atoms with Crippen molar-refractivity contribution in [1.82, 2.24) is 15.0 Å². The zero-order valence-corrected chi connectivity index (χ0v) is 20.4. The second-order valence-corrected chi connectivity index (χ2v) is 10.3. The molecule has 0 aliphatic heterocycles. The van der Waals surface area contributed by atoms with Crippen LogP contribution in [0, 0.1) is 29.4 Å². The smallest absolute Gasteiger partial charge is 0.416 e. The normalized spacial score (nSPS) is 22.8. The summed E-state index contributed by atoms with van der Waals surface area (Å²) in [6.45, 7) is 0. The predicted molar refractivity (Wildman–Crippen MR) is 134 cm³/mol. The number of carboxylic acids is 1. The van der Waals surface area contributed by atoms with Crippen molar-refractivity contribution in [3.8, 4) is 22.6 Å². The fourth-order valence-electron chi connectivity index (χ4n) is 6.14. The number of fused-ring (bicyclic) bond motifs is 4. The molecular weight excluding hydrogens is 519 g/mol. The third-order valence-electron chi connectivity index (χ3n) is 8.00. The zero-order chi connectivity index (χ0) is 27.5. The molecule has 2 aromatic heterocycles. The Balaban J connectivity index is 1.46. The summed E-state index contributed by atoms with van der Waals surface area (Å²) >= 11 is 0. The van der Waals surface area contributed by atoms with Crippen molar-refractivity contribution < 1.29 is 31.9 Å². The molecule has 3 fully saturated rings. The molecule has 2 aromatic carbocycles. The van der Waals surface area contributed by atoms with Crippen LogP contribution in [0.3, 0.4) is 0 Å². The molecule has 11 heteroatoms. The number of aliphatic carboxylic acids is 1. The molecule has 0 amide bonds. The molecule has 4 aromatic rings. The molecule has 2 heterocycles. The number of nitrogens with one attached hydrogen (secondary N) is 2. The van der Waals surface area contributed by atoms with Gasteiger partial charge in [-0.15, -0.1) is 0 Å². The minimum absolute atomic E-state index is 0.0419. The fraction of sp³-hybridized carbons (Fsp3) is 0.321. The number of anilines is 1. The molecule has 2 bridgehead atoms. The Morgan fingerprint density at radius 2 is 1.67 bits per heavy atom. The number of rotatable bonds is 5. The standard InChI is InChI=1S/C28H23F5N4O2/c29-17-9-18-19(12-34-25(18)20(30)10-17)26-35-21(13-5-7-16(8-6-13)28(31,32)33)11-22(37-26)36-24-15-3-1-14(2-4-15)23(24)27(38)39/h5-12,14-15,23-24,34H,1-4H2,(H,38,39)(H,35,36,37)/t14?,15?,23-,24-/m1/s1. The SMILES string of the molecule is O=C(O)[C@@H]1C2CCC(CC2)[C@H]1Nc1cc(-c2ccc(C(F)(F)F)cc2)nc(-c2c[nH]c3c(F)cc(F)cc23)n1. The second-order valence-electron chi connectivity index (χ2n) is 10.3. The molecule has 6 nitrogen and oxygen atoms in total. The van der Waals surface area contributed by atoms with E-state index in [1.807, 2.05) is 0 Å². The van der Waals surface area contributed by atoms with Crippen LogP contribution in [0.15, 0.2) is 48.7 Å². The largest absolute Gasteiger partial charge is 0.481 e. The summed E-state index contributed by atoms with van der Waals surface area (Å²) in [5, 5.41) is 13.5. The van der Waals surface area contributed by atoms with Crippen molar-refractivity contribution in [1.29, 1.82) is 0 Å². The van der Waals surface area contributed by atoms with E-state index in [4.69, 9.17) is 0 Å². The molecule has 3 aliphatic rings. The van der Waals surface area contributed by atoms with Crippen LogP contribution in [-0.2, 0) is 11.0 Å². The summed E-state index contributed by atoms with van der Waals surface area (Å²) in [4.78, 5) is 24.0. The van der Waals surface area contributed by atoms with Gasteiger partial charge in [0.2, 0.25) is 0 Å². The molecule has 7 rings (SSSR count). The number of alkyl halides is 3. The van der Waals surface area contributed by atoms with Gasteiger partial charge in [-0.1, -0.05) is 12.1 Å². The summed E-state index contributed by atoms with van der Waals surface area (Å²) in [6.07, 6.45) is 0.391. The van der Waals surface area contributed by atoms with Gasteiger partial charge in [-0.05, 0) is 55.7 Å². The highest BCUT2D eigenvalue weighted by molar-refractivity contribution is 5.94. The Hall–Kier alpha value is -4.02. The lowest BCUT2D eigenvalue weighted by Gasteiger charge is -2.47. The fourth-order valence-corrected chi connectivity index (χ4v) is 6.14. The Kier molecular flexibility index (Phi) is 6.04. The third-order valence-corrected chi connectivity index (χ3v) is 8.00. The molecular formula is C28H23F5N4O2. The van der Waals surface area contributed by atoms with Crippen molar-refractivity contribution >= 4 is 22.7 Å². The van der Waals surface area contributed by atoms with Crippen LogP contribution in [0.4, 0.5) is 27.8 Å². The van der Waals surface area contributed by atoms with Crippen molar-refractivity contribution in [2.24, 2.45) is 17.8 Å². The first kappa shape index (κ1) is 25.3. The number of H-pyrrole nitrogens is 1. The number of nitrogens with zero attached hydrogens (tertiary/aromatic N) is 2. The minimum Gasteiger partial charge on any atom is -0.481 e. The molecule has 0 unspecified atom stereocenters. The molecule has 0 radical (unpaired) electrons. The highest BCUT2D eigenvalue weighted by atomic mass is 19.4. The number of hydrogen-bond donors (Lipinski definition) is 3. The van der Waals surface area contributed by atoms with E-state index >= 15 is 0 Å². The van der Waals surface area contributed by atoms with Crippen molar-refractivity contribution in [3.63, 3.8) is 0 Å². The van der Waals surface area contributed by atoms with Crippen LogP contribution in [0.5, 0.6) is 0 Å². The number of halogens is 5. The number of aromatic amines is 1. The van der Waals surface area contributed by atoms with E-state index in [-0.39, 0.29) is 40.1 Å². The van der Waals surface area contributed by atoms with Crippen LogP contribution in [-0.4, -0.2) is 32.1 Å². The van der Waals surface area contributed by atoms with Gasteiger partial charge in [-0.3, -0.25) is 4.79 Å².